The molecule has 12 heteroatoms. The molecule has 1 aromatic carbocycles. The molecule has 0 radical (unpaired) electrons. The molecule has 3 amide bonds. The van der Waals surface area contributed by atoms with Crippen molar-refractivity contribution in [3.05, 3.63) is 28.2 Å². The predicted molar refractivity (Wildman–Crippen MR) is 91.0 cm³/mol. The van der Waals surface area contributed by atoms with Crippen molar-refractivity contribution >= 4 is 39.3 Å². The first-order chi connectivity index (χ1) is 12.9. The van der Waals surface area contributed by atoms with Crippen LogP contribution in [0, 0.1) is 17.6 Å². The molecule has 1 aliphatic heterocycles. The minimum absolute atomic E-state index is 0.00773. The van der Waals surface area contributed by atoms with Gasteiger partial charge in [-0.1, -0.05) is 0 Å². The Balaban J connectivity index is 1.94. The number of benzene rings is 1. The van der Waals surface area contributed by atoms with Crippen LogP contribution in [0.1, 0.15) is 13.3 Å². The Hall–Kier alpha value is -2.24. The van der Waals surface area contributed by atoms with Gasteiger partial charge in [-0.15, -0.1) is 0 Å². The molecule has 154 valence electrons. The van der Waals surface area contributed by atoms with Crippen LogP contribution in [-0.2, 0) is 14.4 Å². The first-order valence-electron chi connectivity index (χ1n) is 8.02. The number of hydrogen-bond donors (Lipinski definition) is 2. The summed E-state index contributed by atoms with van der Waals surface area (Å²) in [5.41, 5.74) is -0.0164. The Morgan fingerprint density at radius 1 is 1.25 bits per heavy atom. The minimum Gasteiger partial charge on any atom is -0.336 e. The zero-order valence-corrected chi connectivity index (χ0v) is 16.0. The van der Waals surface area contributed by atoms with Gasteiger partial charge in [0.1, 0.15) is 6.04 Å². The van der Waals surface area contributed by atoms with E-state index in [0.717, 1.165) is 17.0 Å². The number of anilines is 1. The van der Waals surface area contributed by atoms with Gasteiger partial charge in [0.25, 0.3) is 0 Å². The van der Waals surface area contributed by atoms with Crippen molar-refractivity contribution in [2.75, 3.05) is 18.4 Å². The molecule has 1 heterocycles. The lowest BCUT2D eigenvalue weighted by atomic mass is 10.1. The Bertz CT molecular complexity index is 779. The topological polar surface area (TPSA) is 78.5 Å². The van der Waals surface area contributed by atoms with E-state index in [1.54, 1.807) is 5.32 Å². The Labute approximate surface area is 164 Å². The van der Waals surface area contributed by atoms with E-state index in [4.69, 9.17) is 0 Å². The second kappa shape index (κ2) is 8.41. The lowest BCUT2D eigenvalue weighted by molar-refractivity contribution is -0.162. The van der Waals surface area contributed by atoms with Gasteiger partial charge in [0.05, 0.1) is 10.4 Å². The lowest BCUT2D eigenvalue weighted by Crippen LogP contribution is -2.49. The number of carbonyl (C=O) groups is 3. The summed E-state index contributed by atoms with van der Waals surface area (Å²) >= 11 is 2.80. The van der Waals surface area contributed by atoms with Crippen LogP contribution in [0.3, 0.4) is 0 Å². The number of halogens is 6. The summed E-state index contributed by atoms with van der Waals surface area (Å²) in [6.07, 6.45) is -4.54. The molecule has 1 fully saturated rings. The normalized spacial score (nSPS) is 18.0. The Morgan fingerprint density at radius 2 is 1.89 bits per heavy atom. The van der Waals surface area contributed by atoms with E-state index < -0.39 is 47.5 Å². The smallest absolute Gasteiger partial charge is 0.336 e. The van der Waals surface area contributed by atoms with E-state index in [0.29, 0.717) is 6.92 Å². The number of rotatable bonds is 3. The molecule has 6 nitrogen and oxygen atoms in total. The lowest BCUT2D eigenvalue weighted by Gasteiger charge is -2.20. The molecule has 2 rings (SSSR count). The largest absolute Gasteiger partial charge is 0.408 e. The summed E-state index contributed by atoms with van der Waals surface area (Å²) in [4.78, 5) is 36.9. The first-order valence-corrected chi connectivity index (χ1v) is 8.81. The fourth-order valence-electron chi connectivity index (χ4n) is 2.51. The maximum atomic E-state index is 13.4. The number of amides is 3. The minimum atomic E-state index is -4.69. The van der Waals surface area contributed by atoms with Crippen LogP contribution in [0.4, 0.5) is 27.6 Å². The van der Waals surface area contributed by atoms with Gasteiger partial charge in [-0.3, -0.25) is 14.4 Å². The van der Waals surface area contributed by atoms with Crippen molar-refractivity contribution < 1.29 is 36.3 Å². The monoisotopic (exact) mass is 471 g/mol. The van der Waals surface area contributed by atoms with Gasteiger partial charge >= 0.3 is 18.0 Å². The highest BCUT2D eigenvalue weighted by Crippen LogP contribution is 2.25. The van der Waals surface area contributed by atoms with Crippen molar-refractivity contribution in [1.82, 2.24) is 10.2 Å². The van der Waals surface area contributed by atoms with Crippen molar-refractivity contribution in [1.29, 1.82) is 0 Å². The fraction of sp³-hybridized carbons (Fsp3) is 0.438. The van der Waals surface area contributed by atoms with Gasteiger partial charge in [0, 0.05) is 24.8 Å². The number of nitrogens with one attached hydrogen (secondary N) is 2. The number of hydrogen-bond acceptors (Lipinski definition) is 3. The molecule has 1 saturated heterocycles. The van der Waals surface area contributed by atoms with E-state index in [1.165, 1.54) is 0 Å². The molecular weight excluding hydrogens is 457 g/mol. The third-order valence-corrected chi connectivity index (χ3v) is 4.71. The van der Waals surface area contributed by atoms with E-state index >= 15 is 0 Å². The van der Waals surface area contributed by atoms with Gasteiger partial charge < -0.3 is 15.5 Å². The number of nitrogens with zero attached hydrogens (tertiary/aromatic N) is 1. The average Bonchev–Trinajstić information content (AvgIpc) is 3.08. The molecular formula is C16H15BrF5N3O3. The summed E-state index contributed by atoms with van der Waals surface area (Å²) in [5.74, 6) is -6.25. The van der Waals surface area contributed by atoms with E-state index in [1.807, 2.05) is 0 Å². The van der Waals surface area contributed by atoms with Crippen LogP contribution in [-0.4, -0.2) is 47.9 Å². The maximum absolute atomic E-state index is 13.4. The molecule has 2 N–H and O–H groups in total. The number of likely N-dealkylation sites (tertiary alicyclic amines) is 1. The number of carbonyl (C=O) groups excluding carboxylic acids is 3. The van der Waals surface area contributed by atoms with Crippen LogP contribution >= 0.6 is 15.9 Å². The van der Waals surface area contributed by atoms with E-state index in [-0.39, 0.29) is 29.7 Å². The zero-order valence-electron chi connectivity index (χ0n) is 14.4. The van der Waals surface area contributed by atoms with Gasteiger partial charge in [0.2, 0.25) is 5.91 Å². The molecule has 2 atom stereocenters. The highest BCUT2D eigenvalue weighted by Gasteiger charge is 2.40. The van der Waals surface area contributed by atoms with Gasteiger partial charge in [-0.25, -0.2) is 8.78 Å². The summed E-state index contributed by atoms with van der Waals surface area (Å²) in [5, 5.41) is 3.93. The van der Waals surface area contributed by atoms with Gasteiger partial charge in [0.15, 0.2) is 11.6 Å². The third kappa shape index (κ3) is 5.18. The summed E-state index contributed by atoms with van der Waals surface area (Å²) in [7, 11) is 0. The highest BCUT2D eigenvalue weighted by molar-refractivity contribution is 9.10. The van der Waals surface area contributed by atoms with Crippen molar-refractivity contribution in [3.8, 4) is 0 Å². The summed E-state index contributed by atoms with van der Waals surface area (Å²) in [6.45, 7) is 0.501. The van der Waals surface area contributed by atoms with Crippen LogP contribution < -0.4 is 10.6 Å². The second-order valence-corrected chi connectivity index (χ2v) is 7.07. The fourth-order valence-corrected chi connectivity index (χ4v) is 2.95. The standard InChI is InChI=1S/C16H15BrF5N3O3/c1-7(16(20,21)22)23-14(27)15(28)25-3-2-8(6-25)13(26)24-9-4-10(17)12(19)11(18)5-9/h4-5,7-8H,2-3,6H2,1H3,(H,23,27)(H,24,26)/t7-,8?/m1/s1. The van der Waals surface area contributed by atoms with Crippen LogP contribution in [0.2, 0.25) is 0 Å². The summed E-state index contributed by atoms with van der Waals surface area (Å²) in [6, 6.07) is -0.264. The van der Waals surface area contributed by atoms with Crippen LogP contribution in [0.15, 0.2) is 16.6 Å². The SMILES string of the molecule is C[C@@H](NC(=O)C(=O)N1CCC(C(=O)Nc2cc(F)c(F)c(Br)c2)C1)C(F)(F)F. The third-order valence-electron chi connectivity index (χ3n) is 4.13. The molecule has 1 aromatic rings. The van der Waals surface area contributed by atoms with Crippen LogP contribution in [0.5, 0.6) is 0 Å². The average molecular weight is 472 g/mol. The summed E-state index contributed by atoms with van der Waals surface area (Å²) < 4.78 is 63.8. The molecule has 0 bridgehead atoms. The van der Waals surface area contributed by atoms with Crippen molar-refractivity contribution in [2.24, 2.45) is 5.92 Å². The first kappa shape index (κ1) is 22.1. The molecule has 0 saturated carbocycles. The number of alkyl halides is 3. The molecule has 0 spiro atoms. The molecule has 1 aliphatic rings. The predicted octanol–water partition coefficient (Wildman–Crippen LogP) is 2.58. The molecule has 1 unspecified atom stereocenters. The quantitative estimate of drug-likeness (QED) is 0.404. The van der Waals surface area contributed by atoms with Gasteiger partial charge in [-0.2, -0.15) is 13.2 Å². The Kier molecular flexibility index (Phi) is 6.63. The highest BCUT2D eigenvalue weighted by atomic mass is 79.9. The zero-order chi connectivity index (χ0) is 21.2. The second-order valence-electron chi connectivity index (χ2n) is 6.22. The van der Waals surface area contributed by atoms with Crippen molar-refractivity contribution in [2.45, 2.75) is 25.6 Å². The van der Waals surface area contributed by atoms with Crippen LogP contribution in [0.25, 0.3) is 0 Å². The molecule has 28 heavy (non-hydrogen) atoms. The van der Waals surface area contributed by atoms with Gasteiger partial charge in [-0.05, 0) is 35.3 Å². The van der Waals surface area contributed by atoms with E-state index in [2.05, 4.69) is 21.2 Å². The maximum Gasteiger partial charge on any atom is 0.408 e. The molecule has 0 aliphatic carbocycles. The van der Waals surface area contributed by atoms with Crippen molar-refractivity contribution in [3.63, 3.8) is 0 Å². The Morgan fingerprint density at radius 3 is 2.46 bits per heavy atom. The molecule has 0 aromatic heterocycles. The van der Waals surface area contributed by atoms with E-state index in [9.17, 15) is 36.3 Å².